The lowest BCUT2D eigenvalue weighted by Crippen LogP contribution is -2.40. The molecule has 1 N–H and O–H groups in total. The molecular formula is C30H32FN3O4S2. The van der Waals surface area contributed by atoms with Crippen LogP contribution in [0.5, 0.6) is 0 Å². The predicted molar refractivity (Wildman–Crippen MR) is 160 cm³/mol. The van der Waals surface area contributed by atoms with Gasteiger partial charge in [0.25, 0.3) is 5.91 Å². The molecule has 7 nitrogen and oxygen atoms in total. The molecule has 5 rings (SSSR count). The van der Waals surface area contributed by atoms with Crippen LogP contribution in [0, 0.1) is 5.82 Å². The van der Waals surface area contributed by atoms with Gasteiger partial charge in [-0.3, -0.25) is 4.79 Å². The lowest BCUT2D eigenvalue weighted by molar-refractivity contribution is 0.0964. The van der Waals surface area contributed by atoms with Gasteiger partial charge in [0.05, 0.1) is 17.0 Å². The second kappa shape index (κ2) is 11.6. The molecule has 2 heterocycles. The van der Waals surface area contributed by atoms with Gasteiger partial charge in [-0.1, -0.05) is 42.3 Å². The van der Waals surface area contributed by atoms with Gasteiger partial charge in [-0.15, -0.1) is 0 Å². The van der Waals surface area contributed by atoms with Crippen LogP contribution in [0.4, 0.5) is 10.1 Å². The first kappa shape index (κ1) is 28.2. The Morgan fingerprint density at radius 3 is 2.55 bits per heavy atom. The number of carbonyl (C=O) groups is 1. The van der Waals surface area contributed by atoms with E-state index in [1.165, 1.54) is 24.1 Å². The summed E-state index contributed by atoms with van der Waals surface area (Å²) in [6.45, 7) is 0.833. The zero-order valence-corrected chi connectivity index (χ0v) is 24.3. The largest absolute Gasteiger partial charge is 0.455 e. The van der Waals surface area contributed by atoms with Crippen molar-refractivity contribution in [2.45, 2.75) is 24.5 Å². The maximum Gasteiger partial charge on any atom is 0.255 e. The summed E-state index contributed by atoms with van der Waals surface area (Å²) in [6, 6.07) is 19.0. The van der Waals surface area contributed by atoms with E-state index in [1.807, 2.05) is 60.1 Å². The Morgan fingerprint density at radius 1 is 1.15 bits per heavy atom. The van der Waals surface area contributed by atoms with Gasteiger partial charge in [-0.25, -0.2) is 17.1 Å². The first-order valence-corrected chi connectivity index (χ1v) is 15.9. The number of halogens is 1. The van der Waals surface area contributed by atoms with Gasteiger partial charge in [-0.2, -0.15) is 0 Å². The van der Waals surface area contributed by atoms with Crippen LogP contribution in [-0.4, -0.2) is 52.1 Å². The fraction of sp³-hybridized carbons (Fsp3) is 0.300. The number of hydrogen-bond donors (Lipinski definition) is 1. The van der Waals surface area contributed by atoms with E-state index in [0.29, 0.717) is 40.9 Å². The van der Waals surface area contributed by atoms with Gasteiger partial charge in [0.2, 0.25) is 10.0 Å². The molecule has 40 heavy (non-hydrogen) atoms. The number of nitrogens with zero attached hydrogens (tertiary/aromatic N) is 2. The topological polar surface area (TPSA) is 82.9 Å². The Kier molecular flexibility index (Phi) is 8.21. The molecule has 1 fully saturated rings. The number of piperidine rings is 1. The minimum Gasteiger partial charge on any atom is -0.455 e. The molecule has 1 aromatic heterocycles. The van der Waals surface area contributed by atoms with E-state index in [1.54, 1.807) is 23.5 Å². The van der Waals surface area contributed by atoms with Crippen LogP contribution in [-0.2, 0) is 15.8 Å². The van der Waals surface area contributed by atoms with E-state index in [9.17, 15) is 17.6 Å². The quantitative estimate of drug-likeness (QED) is 0.256. The van der Waals surface area contributed by atoms with Crippen LogP contribution in [0.15, 0.2) is 71.1 Å². The molecule has 0 radical (unpaired) electrons. The van der Waals surface area contributed by atoms with Gasteiger partial charge in [0, 0.05) is 50.5 Å². The third-order valence-electron chi connectivity index (χ3n) is 7.42. The monoisotopic (exact) mass is 581 g/mol. The highest BCUT2D eigenvalue weighted by Crippen LogP contribution is 2.42. The summed E-state index contributed by atoms with van der Waals surface area (Å²) < 4.78 is 50.3. The van der Waals surface area contributed by atoms with Crippen molar-refractivity contribution in [1.82, 2.24) is 9.62 Å². The van der Waals surface area contributed by atoms with Gasteiger partial charge in [0.15, 0.2) is 0 Å². The normalized spacial score (nSPS) is 16.2. The van der Waals surface area contributed by atoms with Gasteiger partial charge >= 0.3 is 0 Å². The number of nitrogens with one attached hydrogen (secondary N) is 1. The van der Waals surface area contributed by atoms with E-state index < -0.39 is 10.0 Å². The highest BCUT2D eigenvalue weighted by atomic mass is 32.2. The zero-order chi connectivity index (χ0) is 28.4. The number of fused-ring (bicyclic) bond motifs is 1. The smallest absolute Gasteiger partial charge is 0.255 e. The van der Waals surface area contributed by atoms with E-state index in [4.69, 9.17) is 4.42 Å². The first-order chi connectivity index (χ1) is 19.2. The average molecular weight is 582 g/mol. The summed E-state index contributed by atoms with van der Waals surface area (Å²) in [6.07, 6.45) is 3.51. The molecule has 1 unspecified atom stereocenters. The predicted octanol–water partition coefficient (Wildman–Crippen LogP) is 6.02. The molecule has 1 atom stereocenters. The Morgan fingerprint density at radius 2 is 1.88 bits per heavy atom. The summed E-state index contributed by atoms with van der Waals surface area (Å²) >= 11 is 1.53. The Balaban J connectivity index is 1.59. The first-order valence-electron chi connectivity index (χ1n) is 13.1. The molecule has 0 saturated carbocycles. The summed E-state index contributed by atoms with van der Waals surface area (Å²) in [4.78, 5) is 13.1. The molecule has 0 aliphatic carbocycles. The molecular weight excluding hydrogens is 549 g/mol. The molecule has 1 aliphatic rings. The molecule has 1 amide bonds. The number of benzene rings is 3. The summed E-state index contributed by atoms with van der Waals surface area (Å²) in [7, 11) is -0.00972. The molecule has 10 heteroatoms. The number of amides is 1. The third kappa shape index (κ3) is 5.61. The van der Waals surface area contributed by atoms with E-state index in [-0.39, 0.29) is 23.4 Å². The molecule has 1 aliphatic heterocycles. The van der Waals surface area contributed by atoms with Crippen LogP contribution in [0.3, 0.4) is 0 Å². The van der Waals surface area contributed by atoms with E-state index in [0.717, 1.165) is 29.7 Å². The summed E-state index contributed by atoms with van der Waals surface area (Å²) in [5, 5.41) is 3.34. The van der Waals surface area contributed by atoms with Gasteiger partial charge in [-0.05, 0) is 60.2 Å². The molecule has 4 aromatic rings. The second-order valence-electron chi connectivity index (χ2n) is 9.92. The van der Waals surface area contributed by atoms with Crippen molar-refractivity contribution in [2.75, 3.05) is 37.7 Å². The maximum absolute atomic E-state index is 13.6. The van der Waals surface area contributed by atoms with Crippen LogP contribution in [0.1, 0.15) is 40.2 Å². The van der Waals surface area contributed by atoms with Crippen molar-refractivity contribution in [2.24, 2.45) is 0 Å². The highest BCUT2D eigenvalue weighted by molar-refractivity contribution is 7.99. The second-order valence-corrected chi connectivity index (χ2v) is 12.8. The number of carbonyl (C=O) groups excluding carboxylic acids is 1. The fourth-order valence-corrected chi connectivity index (χ4v) is 7.29. The Bertz CT molecular complexity index is 1620. The highest BCUT2D eigenvalue weighted by Gasteiger charge is 2.33. The van der Waals surface area contributed by atoms with Crippen molar-refractivity contribution >= 4 is 44.5 Å². The Hall–Kier alpha value is -3.34. The summed E-state index contributed by atoms with van der Waals surface area (Å²) in [5.74, 6) is -0.446. The molecule has 3 aromatic carbocycles. The van der Waals surface area contributed by atoms with Crippen molar-refractivity contribution in [1.29, 1.82) is 0 Å². The number of rotatable bonds is 8. The van der Waals surface area contributed by atoms with Crippen molar-refractivity contribution in [3.63, 3.8) is 0 Å². The fourth-order valence-electron chi connectivity index (χ4n) is 5.33. The van der Waals surface area contributed by atoms with Crippen LogP contribution in [0.2, 0.25) is 0 Å². The van der Waals surface area contributed by atoms with Gasteiger partial charge in [0.1, 0.15) is 17.2 Å². The van der Waals surface area contributed by atoms with Gasteiger partial charge < -0.3 is 14.0 Å². The number of sulfonamides is 1. The van der Waals surface area contributed by atoms with E-state index >= 15 is 0 Å². The van der Waals surface area contributed by atoms with Crippen LogP contribution in [0.25, 0.3) is 22.3 Å². The molecule has 210 valence electrons. The number of furan rings is 1. The van der Waals surface area contributed by atoms with Crippen molar-refractivity contribution in [3.05, 3.63) is 89.2 Å². The Labute approximate surface area is 238 Å². The number of hydrogen-bond acceptors (Lipinski definition) is 6. The molecule has 0 bridgehead atoms. The lowest BCUT2D eigenvalue weighted by Gasteiger charge is -2.34. The average Bonchev–Trinajstić information content (AvgIpc) is 3.35. The lowest BCUT2D eigenvalue weighted by atomic mass is 9.89. The van der Waals surface area contributed by atoms with Crippen LogP contribution < -0.4 is 9.62 Å². The zero-order valence-electron chi connectivity index (χ0n) is 22.7. The van der Waals surface area contributed by atoms with Crippen molar-refractivity contribution < 1.29 is 22.0 Å². The minimum atomic E-state index is -3.52. The summed E-state index contributed by atoms with van der Waals surface area (Å²) in [5.41, 5.74) is 4.11. The number of anilines is 1. The standard InChI is InChI=1S/C30H32FN3O4S2/c1-32-30(35)28-25-16-24(22-10-7-15-34(18-22)40(36,37)19-20-8-5-4-6-9-20)26(33(2)39-3)17-27(25)38-29(28)21-11-13-23(31)14-12-21/h4-6,8-9,11-14,16-17,22H,7,10,15,18-19H2,1-3H3,(H,32,35). The molecule has 0 spiro atoms. The molecule has 1 saturated heterocycles. The van der Waals surface area contributed by atoms with Crippen LogP contribution >= 0.6 is 11.9 Å². The maximum atomic E-state index is 13.6. The SMILES string of the molecule is CNC(=O)c1c(-c2ccc(F)cc2)oc2cc(N(C)SC)c(C3CCCN(S(=O)(=O)Cc4ccccc4)C3)cc12. The van der Waals surface area contributed by atoms with E-state index in [2.05, 4.69) is 5.32 Å². The third-order valence-corrected chi connectivity index (χ3v) is 9.98. The minimum absolute atomic E-state index is 0.0409. The van der Waals surface area contributed by atoms with Crippen molar-refractivity contribution in [3.8, 4) is 11.3 Å².